The fourth-order valence-electron chi connectivity index (χ4n) is 6.08. The highest BCUT2D eigenvalue weighted by Crippen LogP contribution is 2.43. The molecule has 1 aliphatic rings. The Morgan fingerprint density at radius 2 is 1.94 bits per heavy atom. The smallest absolute Gasteiger partial charge is 0.317 e. The molecule has 1 aromatic heterocycles. The summed E-state index contributed by atoms with van der Waals surface area (Å²) in [7, 11) is 4.79. The van der Waals surface area contributed by atoms with Crippen LogP contribution >= 0.6 is 0 Å². The Bertz CT molecular complexity index is 1360. The first-order chi connectivity index (χ1) is 22.7. The monoisotopic (exact) mass is 673 g/mol. The number of aromatic nitrogens is 1. The van der Waals surface area contributed by atoms with E-state index in [1.54, 1.807) is 67.4 Å². The molecule has 0 aromatic carbocycles. The number of methoxy groups -OCH3 is 1. The lowest BCUT2D eigenvalue weighted by molar-refractivity contribution is -0.179. The molecule has 1 fully saturated rings. The van der Waals surface area contributed by atoms with Crippen molar-refractivity contribution < 1.29 is 42.7 Å². The highest BCUT2D eigenvalue weighted by atomic mass is 16.6. The number of nitrogens with zero attached hydrogens (tertiary/aromatic N) is 4. The molecule has 14 nitrogen and oxygen atoms in total. The van der Waals surface area contributed by atoms with Crippen molar-refractivity contribution in [1.82, 2.24) is 10.5 Å². The van der Waals surface area contributed by atoms with Gasteiger partial charge in [0.15, 0.2) is 12.4 Å². The second-order valence-corrected chi connectivity index (χ2v) is 12.6. The molecule has 0 aliphatic carbocycles. The van der Waals surface area contributed by atoms with Crippen LogP contribution in [0.4, 0.5) is 0 Å². The van der Waals surface area contributed by atoms with Gasteiger partial charge < -0.3 is 33.7 Å². The first-order valence-electron chi connectivity index (χ1n) is 16.1. The molecule has 0 spiro atoms. The van der Waals surface area contributed by atoms with Gasteiger partial charge in [0, 0.05) is 69.2 Å². The number of aliphatic imine (C=N–C) groups is 2. The predicted molar refractivity (Wildman–Crippen MR) is 180 cm³/mol. The van der Waals surface area contributed by atoms with Gasteiger partial charge in [0.2, 0.25) is 0 Å². The van der Waals surface area contributed by atoms with E-state index in [-0.39, 0.29) is 24.1 Å². The number of oxime groups is 1. The summed E-state index contributed by atoms with van der Waals surface area (Å²) < 4.78 is 22.2. The molecule has 2 rings (SSSR count). The van der Waals surface area contributed by atoms with E-state index >= 15 is 0 Å². The third kappa shape index (κ3) is 10.1. The predicted octanol–water partition coefficient (Wildman–Crippen LogP) is 4.09. The van der Waals surface area contributed by atoms with E-state index in [1.807, 2.05) is 13.8 Å². The van der Waals surface area contributed by atoms with Crippen molar-refractivity contribution in [2.45, 2.75) is 85.0 Å². The Labute approximate surface area is 282 Å². The Hall–Kier alpha value is -4.20. The van der Waals surface area contributed by atoms with Gasteiger partial charge in [-0.05, 0) is 47.0 Å². The topological polar surface area (TPSA) is 180 Å². The van der Waals surface area contributed by atoms with Crippen LogP contribution in [-0.2, 0) is 38.2 Å². The van der Waals surface area contributed by atoms with Crippen LogP contribution < -0.4 is 5.32 Å². The number of hydrogen-bond donors (Lipinski definition) is 1. The van der Waals surface area contributed by atoms with Crippen LogP contribution in [0.15, 0.2) is 38.2 Å². The maximum atomic E-state index is 13.3. The third-order valence-corrected chi connectivity index (χ3v) is 8.92. The molecule has 266 valence electrons. The van der Waals surface area contributed by atoms with Gasteiger partial charge in [-0.15, -0.1) is 0 Å². The third-order valence-electron chi connectivity index (χ3n) is 8.92. The molecule has 0 saturated carbocycles. The molecule has 5 unspecified atom stereocenters. The second-order valence-electron chi connectivity index (χ2n) is 12.6. The molecule has 48 heavy (non-hydrogen) atoms. The van der Waals surface area contributed by atoms with Gasteiger partial charge in [0.1, 0.15) is 47.6 Å². The number of cyclic esters (lactones) is 1. The second kappa shape index (κ2) is 18.4. The van der Waals surface area contributed by atoms with Crippen LogP contribution in [0.5, 0.6) is 0 Å². The summed E-state index contributed by atoms with van der Waals surface area (Å²) in [4.78, 5) is 64.6. The molecule has 0 radical (unpaired) electrons. The number of ether oxygens (including phenoxy) is 3. The minimum absolute atomic E-state index is 0.00483. The summed E-state index contributed by atoms with van der Waals surface area (Å²) in [5.41, 5.74) is -0.710. The summed E-state index contributed by atoms with van der Waals surface area (Å²) in [5.74, 6) is -4.41. The maximum Gasteiger partial charge on any atom is 0.317 e. The molecule has 8 atom stereocenters. The number of aldehydes is 1. The quantitative estimate of drug-likeness (QED) is 0.0425. The summed E-state index contributed by atoms with van der Waals surface area (Å²) >= 11 is 0. The van der Waals surface area contributed by atoms with Crippen molar-refractivity contribution >= 4 is 47.8 Å². The Kier molecular flexibility index (Phi) is 15.3. The van der Waals surface area contributed by atoms with Crippen LogP contribution in [0.2, 0.25) is 0 Å². The number of nitrogens with one attached hydrogen (secondary N) is 1. The molecule has 1 N–H and O–H groups in total. The largest absolute Gasteiger partial charge is 0.458 e. The SMILES string of the molecule is CCC1C(/C(=N/OC/C=N/C=C(\C=N/C)c2ccon2)NC)C(=O)O[C@]1(C)C(C)OC(=O)C(C)C(=O)C(C)C[C@@](C)(C[C@@H](C)C=O)OC. The molecule has 0 amide bonds. The number of carbonyl (C=O) groups excluding carboxylic acids is 4. The normalized spacial score (nSPS) is 24.1. The Morgan fingerprint density at radius 1 is 1.23 bits per heavy atom. The molecule has 1 aromatic rings. The molecule has 1 saturated heterocycles. The van der Waals surface area contributed by atoms with Crippen molar-refractivity contribution in [2.24, 2.45) is 44.7 Å². The van der Waals surface area contributed by atoms with E-state index in [2.05, 4.69) is 25.6 Å². The lowest BCUT2D eigenvalue weighted by atomic mass is 9.76. The highest BCUT2D eigenvalue weighted by Gasteiger charge is 2.58. The molecule has 2 heterocycles. The average molecular weight is 674 g/mol. The highest BCUT2D eigenvalue weighted by molar-refractivity contribution is 6.09. The summed E-state index contributed by atoms with van der Waals surface area (Å²) in [6, 6.07) is 1.68. The van der Waals surface area contributed by atoms with E-state index in [9.17, 15) is 19.2 Å². The van der Waals surface area contributed by atoms with Crippen LogP contribution in [0.3, 0.4) is 0 Å². The molecule has 1 aliphatic heterocycles. The number of ketones is 1. The van der Waals surface area contributed by atoms with E-state index in [0.29, 0.717) is 30.5 Å². The fourth-order valence-corrected chi connectivity index (χ4v) is 6.08. The van der Waals surface area contributed by atoms with Gasteiger partial charge in [-0.25, -0.2) is 0 Å². The zero-order valence-electron chi connectivity index (χ0n) is 29.7. The minimum atomic E-state index is -1.21. The number of amidine groups is 1. The maximum absolute atomic E-state index is 13.3. The van der Waals surface area contributed by atoms with Crippen molar-refractivity contribution in [3.63, 3.8) is 0 Å². The van der Waals surface area contributed by atoms with Crippen molar-refractivity contribution in [3.8, 4) is 0 Å². The van der Waals surface area contributed by atoms with E-state index in [0.717, 1.165) is 6.29 Å². The standard InChI is InChI=1S/C34H51N5O9/c1-11-26-28(30(36-9)39-46-15-13-37-19-25(18-35-8)27-12-14-45-38-27)32(43)48-34(26,7)24(5)47-31(42)23(4)29(41)22(3)17-33(6,44-10)16-21(2)20-40/h12-14,18-24,26,28H,11,15-17H2,1-10H3,(H,36,39)/b25-19+,35-18-,37-13+/t21-,22?,23?,24?,26?,28?,33-,34-/m1/s1. The number of rotatable bonds is 19. The first-order valence-corrected chi connectivity index (χ1v) is 16.1. The summed E-state index contributed by atoms with van der Waals surface area (Å²) in [5, 5.41) is 11.0. The van der Waals surface area contributed by atoms with Gasteiger partial charge >= 0.3 is 11.9 Å². The number of Topliss-reactive ketones (excluding diaryl/α,β-unsaturated/α-hetero) is 1. The van der Waals surface area contributed by atoms with E-state index < -0.39 is 52.9 Å². The lowest BCUT2D eigenvalue weighted by Crippen LogP contribution is -2.48. The van der Waals surface area contributed by atoms with Crippen molar-refractivity contribution in [1.29, 1.82) is 0 Å². The summed E-state index contributed by atoms with van der Waals surface area (Å²) in [6.07, 6.45) is 7.32. The number of esters is 2. The average Bonchev–Trinajstić information content (AvgIpc) is 3.69. The Morgan fingerprint density at radius 3 is 2.50 bits per heavy atom. The minimum Gasteiger partial charge on any atom is -0.458 e. The van der Waals surface area contributed by atoms with Gasteiger partial charge in [-0.1, -0.05) is 31.1 Å². The van der Waals surface area contributed by atoms with Crippen LogP contribution in [-0.4, -0.2) is 92.5 Å². The van der Waals surface area contributed by atoms with Crippen LogP contribution in [0.25, 0.3) is 5.57 Å². The van der Waals surface area contributed by atoms with E-state index in [1.165, 1.54) is 19.4 Å². The first kappa shape index (κ1) is 40.0. The van der Waals surface area contributed by atoms with Gasteiger partial charge in [0.25, 0.3) is 0 Å². The molecule has 14 heteroatoms. The molecular weight excluding hydrogens is 622 g/mol. The van der Waals surface area contributed by atoms with Crippen molar-refractivity contribution in [3.05, 3.63) is 24.2 Å². The molecule has 0 bridgehead atoms. The Balaban J connectivity index is 2.10. The van der Waals surface area contributed by atoms with Crippen LogP contribution in [0, 0.1) is 29.6 Å². The lowest BCUT2D eigenvalue weighted by Gasteiger charge is -2.36. The molecular formula is C34H51N5O9. The van der Waals surface area contributed by atoms with Gasteiger partial charge in [-0.3, -0.25) is 24.4 Å². The van der Waals surface area contributed by atoms with Crippen molar-refractivity contribution in [2.75, 3.05) is 27.8 Å². The van der Waals surface area contributed by atoms with E-state index in [4.69, 9.17) is 23.6 Å². The van der Waals surface area contributed by atoms with Gasteiger partial charge in [-0.2, -0.15) is 0 Å². The number of hydrogen-bond acceptors (Lipinski definition) is 13. The fraction of sp³-hybridized carbons (Fsp3) is 0.647. The number of carbonyl (C=O) groups is 4. The zero-order chi connectivity index (χ0) is 36.1. The van der Waals surface area contributed by atoms with Gasteiger partial charge in [0.05, 0.1) is 5.60 Å². The summed E-state index contributed by atoms with van der Waals surface area (Å²) in [6.45, 7) is 12.1. The number of allylic oxidation sites excluding steroid dienone is 1. The zero-order valence-corrected chi connectivity index (χ0v) is 29.7. The van der Waals surface area contributed by atoms with Crippen LogP contribution in [0.1, 0.15) is 73.4 Å².